The average molecular weight is 466 g/mol. The van der Waals surface area contributed by atoms with E-state index in [4.69, 9.17) is 9.40 Å². The summed E-state index contributed by atoms with van der Waals surface area (Å²) in [7, 11) is 1.78. The Labute approximate surface area is 181 Å². The highest BCUT2D eigenvalue weighted by Gasteiger charge is 2.30. The number of rotatable bonds is 5. The number of aromatic nitrogens is 4. The second kappa shape index (κ2) is 7.36. The molecule has 4 aromatic rings. The maximum absolute atomic E-state index is 13.5. The Morgan fingerprint density at radius 3 is 2.80 bits per heavy atom. The molecule has 8 heteroatoms. The lowest BCUT2D eigenvalue weighted by atomic mass is 10.1. The van der Waals surface area contributed by atoms with Gasteiger partial charge in [0.1, 0.15) is 5.76 Å². The topological polar surface area (TPSA) is 77.1 Å². The van der Waals surface area contributed by atoms with E-state index in [0.29, 0.717) is 39.9 Å². The number of halogens is 1. The third kappa shape index (κ3) is 3.41. The van der Waals surface area contributed by atoms with Crippen molar-refractivity contribution in [1.82, 2.24) is 24.6 Å². The summed E-state index contributed by atoms with van der Waals surface area (Å²) < 4.78 is 7.95. The van der Waals surface area contributed by atoms with Crippen molar-refractivity contribution in [2.75, 3.05) is 7.05 Å². The van der Waals surface area contributed by atoms with Crippen molar-refractivity contribution in [3.05, 3.63) is 70.0 Å². The minimum absolute atomic E-state index is 0.0829. The Morgan fingerprint density at radius 2 is 2.13 bits per heavy atom. The van der Waals surface area contributed by atoms with E-state index in [1.807, 2.05) is 43.3 Å². The van der Waals surface area contributed by atoms with Crippen LogP contribution in [0.4, 0.5) is 0 Å². The first kappa shape index (κ1) is 19.0. The summed E-state index contributed by atoms with van der Waals surface area (Å²) in [5, 5.41) is 5.43. The normalized spacial score (nSPS) is 13.7. The van der Waals surface area contributed by atoms with Crippen LogP contribution < -0.4 is 0 Å². The number of fused-ring (bicyclic) bond motifs is 1. The van der Waals surface area contributed by atoms with E-state index in [0.717, 1.165) is 29.6 Å². The highest BCUT2D eigenvalue weighted by Crippen LogP contribution is 2.41. The van der Waals surface area contributed by atoms with E-state index in [1.54, 1.807) is 22.8 Å². The van der Waals surface area contributed by atoms with Crippen molar-refractivity contribution in [3.8, 4) is 5.82 Å². The van der Waals surface area contributed by atoms with Crippen LogP contribution in [0.3, 0.4) is 0 Å². The van der Waals surface area contributed by atoms with Crippen LogP contribution in [0.25, 0.3) is 16.9 Å². The number of hydrogen-bond donors (Lipinski definition) is 0. The number of pyridine rings is 2. The Bertz CT molecular complexity index is 1240. The summed E-state index contributed by atoms with van der Waals surface area (Å²) in [6, 6.07) is 11.3. The van der Waals surface area contributed by atoms with E-state index in [1.165, 1.54) is 0 Å². The number of hydrogen-bond acceptors (Lipinski definition) is 5. The first-order valence-corrected chi connectivity index (χ1v) is 10.6. The van der Waals surface area contributed by atoms with Crippen LogP contribution in [-0.4, -0.2) is 37.6 Å². The van der Waals surface area contributed by atoms with Crippen LogP contribution in [0.1, 0.15) is 46.3 Å². The van der Waals surface area contributed by atoms with E-state index >= 15 is 0 Å². The van der Waals surface area contributed by atoms with Crippen LogP contribution in [0.15, 0.2) is 51.7 Å². The molecule has 4 heterocycles. The molecule has 7 nitrogen and oxygen atoms in total. The Balaban J connectivity index is 1.62. The molecule has 1 aliphatic carbocycles. The van der Waals surface area contributed by atoms with E-state index in [2.05, 4.69) is 26.0 Å². The predicted molar refractivity (Wildman–Crippen MR) is 116 cm³/mol. The molecule has 30 heavy (non-hydrogen) atoms. The largest absolute Gasteiger partial charge is 0.452 e. The summed E-state index contributed by atoms with van der Waals surface area (Å²) in [4.78, 5) is 24.4. The van der Waals surface area contributed by atoms with Crippen LogP contribution in [-0.2, 0) is 6.54 Å². The van der Waals surface area contributed by atoms with Crippen LogP contribution in [0.2, 0.25) is 0 Å². The van der Waals surface area contributed by atoms with Gasteiger partial charge in [0, 0.05) is 24.9 Å². The minimum atomic E-state index is -0.0829. The third-order valence-electron chi connectivity index (χ3n) is 5.29. The van der Waals surface area contributed by atoms with Gasteiger partial charge in [-0.2, -0.15) is 9.78 Å². The molecule has 0 aliphatic heterocycles. The van der Waals surface area contributed by atoms with Crippen LogP contribution in [0.5, 0.6) is 0 Å². The van der Waals surface area contributed by atoms with Crippen LogP contribution in [0, 0.1) is 6.92 Å². The quantitative estimate of drug-likeness (QED) is 0.429. The molecule has 0 atom stereocenters. The van der Waals surface area contributed by atoms with Gasteiger partial charge in [0.2, 0.25) is 0 Å². The zero-order valence-electron chi connectivity index (χ0n) is 16.7. The lowest BCUT2D eigenvalue weighted by molar-refractivity contribution is 0.0776. The van der Waals surface area contributed by atoms with Crippen molar-refractivity contribution < 1.29 is 9.21 Å². The Kier molecular flexibility index (Phi) is 4.66. The molecule has 1 amide bonds. The van der Waals surface area contributed by atoms with Gasteiger partial charge in [-0.05, 0) is 66.0 Å². The van der Waals surface area contributed by atoms with E-state index in [9.17, 15) is 4.79 Å². The maximum Gasteiger partial charge on any atom is 0.254 e. The molecular formula is C22H20BrN5O2. The van der Waals surface area contributed by atoms with Gasteiger partial charge >= 0.3 is 0 Å². The molecule has 4 aromatic heterocycles. The monoisotopic (exact) mass is 465 g/mol. The first-order valence-electron chi connectivity index (χ1n) is 9.82. The number of amides is 1. The number of nitrogens with zero attached hydrogens (tertiary/aromatic N) is 5. The smallest absolute Gasteiger partial charge is 0.254 e. The second-order valence-corrected chi connectivity index (χ2v) is 8.40. The molecule has 5 rings (SSSR count). The van der Waals surface area contributed by atoms with E-state index in [-0.39, 0.29) is 5.91 Å². The zero-order valence-corrected chi connectivity index (χ0v) is 18.3. The molecule has 0 bridgehead atoms. The molecule has 0 unspecified atom stereocenters. The van der Waals surface area contributed by atoms with Gasteiger partial charge in [0.05, 0.1) is 23.2 Å². The summed E-state index contributed by atoms with van der Waals surface area (Å²) >= 11 is 3.31. The number of carbonyl (C=O) groups is 1. The average Bonchev–Trinajstić information content (AvgIpc) is 3.45. The Hall–Kier alpha value is -3.00. The van der Waals surface area contributed by atoms with E-state index < -0.39 is 0 Å². The van der Waals surface area contributed by atoms with Crippen molar-refractivity contribution in [2.24, 2.45) is 0 Å². The van der Waals surface area contributed by atoms with Crippen LogP contribution >= 0.6 is 15.9 Å². The molecule has 1 saturated carbocycles. The SMILES string of the molecule is Cc1nn(-c2ccccn2)c2nc(C3CC3)cc(C(=O)N(C)Cc3ccc(Br)o3)c12. The van der Waals surface area contributed by atoms with Gasteiger partial charge in [-0.25, -0.2) is 9.97 Å². The highest BCUT2D eigenvalue weighted by atomic mass is 79.9. The van der Waals surface area contributed by atoms with Gasteiger partial charge in [0.25, 0.3) is 5.91 Å². The first-order chi connectivity index (χ1) is 14.5. The van der Waals surface area contributed by atoms with Gasteiger partial charge in [-0.1, -0.05) is 6.07 Å². The second-order valence-electron chi connectivity index (χ2n) is 7.62. The fraction of sp³-hybridized carbons (Fsp3) is 0.273. The number of aryl methyl sites for hydroxylation is 1. The Morgan fingerprint density at radius 1 is 1.30 bits per heavy atom. The third-order valence-corrected chi connectivity index (χ3v) is 5.72. The fourth-order valence-corrected chi connectivity index (χ4v) is 3.99. The molecule has 0 saturated heterocycles. The van der Waals surface area contributed by atoms with Crippen molar-refractivity contribution >= 4 is 32.9 Å². The number of carbonyl (C=O) groups excluding carboxylic acids is 1. The molecule has 1 aliphatic rings. The molecule has 1 fully saturated rings. The lowest BCUT2D eigenvalue weighted by Crippen LogP contribution is -2.26. The predicted octanol–water partition coefficient (Wildman–Crippen LogP) is 4.63. The maximum atomic E-state index is 13.5. The zero-order chi connectivity index (χ0) is 20.8. The summed E-state index contributed by atoms with van der Waals surface area (Å²) in [6.45, 7) is 2.28. The molecular weight excluding hydrogens is 446 g/mol. The molecule has 0 N–H and O–H groups in total. The van der Waals surface area contributed by atoms with Gasteiger partial charge < -0.3 is 9.32 Å². The van der Waals surface area contributed by atoms with Crippen molar-refractivity contribution in [1.29, 1.82) is 0 Å². The summed E-state index contributed by atoms with van der Waals surface area (Å²) in [6.07, 6.45) is 3.92. The van der Waals surface area contributed by atoms with Gasteiger partial charge in [-0.3, -0.25) is 4.79 Å². The van der Waals surface area contributed by atoms with Crippen molar-refractivity contribution in [3.63, 3.8) is 0 Å². The summed E-state index contributed by atoms with van der Waals surface area (Å²) in [5.74, 6) is 1.72. The summed E-state index contributed by atoms with van der Waals surface area (Å²) in [5.41, 5.74) is 2.99. The molecule has 0 radical (unpaired) electrons. The molecule has 0 spiro atoms. The minimum Gasteiger partial charge on any atom is -0.452 e. The number of furan rings is 1. The van der Waals surface area contributed by atoms with Gasteiger partial charge in [-0.15, -0.1) is 0 Å². The standard InChI is InChI=1S/C22H20BrN5O2/c1-13-20-16(22(29)27(2)12-15-8-9-18(23)30-15)11-17(14-6-7-14)25-21(20)28(26-13)19-5-3-4-10-24-19/h3-5,8-11,14H,6-7,12H2,1-2H3. The van der Waals surface area contributed by atoms with Crippen molar-refractivity contribution in [2.45, 2.75) is 32.2 Å². The molecule has 0 aromatic carbocycles. The highest BCUT2D eigenvalue weighted by molar-refractivity contribution is 9.10. The lowest BCUT2D eigenvalue weighted by Gasteiger charge is -2.17. The fourth-order valence-electron chi connectivity index (χ4n) is 3.65. The van der Waals surface area contributed by atoms with Gasteiger partial charge in [0.15, 0.2) is 16.1 Å². The molecule has 152 valence electrons.